The Morgan fingerprint density at radius 2 is 1.67 bits per heavy atom. The maximum Gasteiger partial charge on any atom is 0.435 e. The number of benzene rings is 3. The van der Waals surface area contributed by atoms with Crippen LogP contribution in [0.15, 0.2) is 88.4 Å². The summed E-state index contributed by atoms with van der Waals surface area (Å²) in [5.74, 6) is -1.17. The lowest BCUT2D eigenvalue weighted by molar-refractivity contribution is -0.141. The molecule has 19 heteroatoms. The molecule has 2 aliphatic heterocycles. The minimum atomic E-state index is -4.71. The van der Waals surface area contributed by atoms with Crippen LogP contribution in [-0.4, -0.2) is 76.9 Å². The first kappa shape index (κ1) is 34.5. The molecule has 7 rings (SSSR count). The molecule has 0 radical (unpaired) electrons. The second-order valence-corrected chi connectivity index (χ2v) is 13.9. The number of hydrogen-bond acceptors (Lipinski definition) is 10. The molecule has 1 saturated heterocycles. The number of nitrogens with one attached hydrogen (secondary N) is 1. The van der Waals surface area contributed by atoms with Crippen molar-refractivity contribution in [1.82, 2.24) is 29.4 Å². The maximum atomic E-state index is 13.6. The molecule has 3 aromatic carbocycles. The van der Waals surface area contributed by atoms with Gasteiger partial charge in [-0.3, -0.25) is 14.6 Å². The Bertz CT molecular complexity index is 2220. The fourth-order valence-electron chi connectivity index (χ4n) is 5.88. The first-order valence-electron chi connectivity index (χ1n) is 15.9. The van der Waals surface area contributed by atoms with Crippen LogP contribution in [-0.2, 0) is 20.9 Å². The van der Waals surface area contributed by atoms with Crippen molar-refractivity contribution >= 4 is 27.9 Å². The smallest absolute Gasteiger partial charge is 0.435 e. The van der Waals surface area contributed by atoms with Gasteiger partial charge >= 0.3 is 12.3 Å². The predicted octanol–water partition coefficient (Wildman–Crippen LogP) is 4.21. The number of fused-ring (bicyclic) bond motifs is 1. The van der Waals surface area contributed by atoms with Crippen LogP contribution in [0, 0.1) is 12.8 Å². The number of ether oxygens (including phenoxy) is 1. The van der Waals surface area contributed by atoms with Gasteiger partial charge in [0.2, 0.25) is 6.23 Å². The van der Waals surface area contributed by atoms with Crippen LogP contribution in [0.3, 0.4) is 0 Å². The number of sulfonamides is 1. The van der Waals surface area contributed by atoms with Crippen molar-refractivity contribution < 1.29 is 50.2 Å². The molecule has 272 valence electrons. The zero-order chi connectivity index (χ0) is 36.9. The number of rotatable bonds is 10. The van der Waals surface area contributed by atoms with Crippen LogP contribution in [0.1, 0.15) is 45.3 Å². The molecule has 4 heterocycles. The van der Waals surface area contributed by atoms with E-state index in [1.807, 2.05) is 11.6 Å². The molecule has 1 fully saturated rings. The highest BCUT2D eigenvalue weighted by Gasteiger charge is 2.41. The monoisotopic (exact) mass is 741 g/mol. The predicted molar refractivity (Wildman–Crippen MR) is 174 cm³/mol. The van der Waals surface area contributed by atoms with Gasteiger partial charge in [-0.2, -0.15) is 22.9 Å². The van der Waals surface area contributed by atoms with E-state index in [-0.39, 0.29) is 39.9 Å². The molecule has 2 atom stereocenters. The van der Waals surface area contributed by atoms with Gasteiger partial charge in [-0.15, -0.1) is 0 Å². The highest BCUT2D eigenvalue weighted by Crippen LogP contribution is 2.33. The van der Waals surface area contributed by atoms with Gasteiger partial charge in [-0.25, -0.2) is 27.5 Å². The highest BCUT2D eigenvalue weighted by atomic mass is 32.2. The molecule has 2 aliphatic rings. The van der Waals surface area contributed by atoms with Gasteiger partial charge in [0, 0.05) is 29.5 Å². The number of halogens is 3. The first-order valence-corrected chi connectivity index (χ1v) is 17.4. The summed E-state index contributed by atoms with van der Waals surface area (Å²) >= 11 is 0. The van der Waals surface area contributed by atoms with Crippen LogP contribution >= 0.6 is 0 Å². The summed E-state index contributed by atoms with van der Waals surface area (Å²) < 4.78 is 80.0. The number of aryl methyl sites for hydroxylation is 1. The third-order valence-electron chi connectivity index (χ3n) is 8.60. The van der Waals surface area contributed by atoms with Crippen LogP contribution in [0.2, 0.25) is 0 Å². The van der Waals surface area contributed by atoms with Crippen molar-refractivity contribution in [2.75, 3.05) is 24.7 Å². The summed E-state index contributed by atoms with van der Waals surface area (Å²) in [4.78, 5) is 45.5. The van der Waals surface area contributed by atoms with Crippen molar-refractivity contribution in [3.05, 3.63) is 101 Å². The van der Waals surface area contributed by atoms with E-state index in [0.717, 1.165) is 38.4 Å². The molecule has 5 aromatic rings. The molecule has 2 unspecified atom stereocenters. The Balaban J connectivity index is 0.920. The van der Waals surface area contributed by atoms with Crippen LogP contribution in [0.25, 0.3) is 16.9 Å². The van der Waals surface area contributed by atoms with Crippen LogP contribution < -0.4 is 14.6 Å². The van der Waals surface area contributed by atoms with Crippen molar-refractivity contribution in [3.63, 3.8) is 0 Å². The van der Waals surface area contributed by atoms with Crippen molar-refractivity contribution in [2.24, 2.45) is 5.92 Å². The number of imide groups is 1. The van der Waals surface area contributed by atoms with E-state index >= 15 is 0 Å². The summed E-state index contributed by atoms with van der Waals surface area (Å²) in [6, 6.07) is 19.0. The van der Waals surface area contributed by atoms with Gasteiger partial charge in [0.15, 0.2) is 5.69 Å². The quantitative estimate of drug-likeness (QED) is 0.205. The van der Waals surface area contributed by atoms with Gasteiger partial charge < -0.3 is 9.57 Å². The molecule has 0 bridgehead atoms. The lowest BCUT2D eigenvalue weighted by Crippen LogP contribution is -2.44. The molecule has 0 spiro atoms. The molecule has 0 aliphatic carbocycles. The normalized spacial score (nSPS) is 16.8. The Morgan fingerprint density at radius 3 is 2.31 bits per heavy atom. The molecule has 0 saturated carbocycles. The minimum absolute atomic E-state index is 0.125. The lowest BCUT2D eigenvalue weighted by Gasteiger charge is -2.19. The minimum Gasteiger partial charge on any atom is -0.448 e. The van der Waals surface area contributed by atoms with Crippen LogP contribution in [0.5, 0.6) is 0 Å². The third-order valence-corrected chi connectivity index (χ3v) is 9.93. The summed E-state index contributed by atoms with van der Waals surface area (Å²) in [5.41, 5.74) is 1.15. The molecule has 2 aromatic heterocycles. The van der Waals surface area contributed by atoms with E-state index in [9.17, 15) is 36.0 Å². The molecule has 52 heavy (non-hydrogen) atoms. The van der Waals surface area contributed by atoms with E-state index in [0.29, 0.717) is 25.1 Å². The lowest BCUT2D eigenvalue weighted by atomic mass is 10.1. The van der Waals surface area contributed by atoms with Gasteiger partial charge in [0.25, 0.3) is 21.8 Å². The van der Waals surface area contributed by atoms with Gasteiger partial charge in [-0.1, -0.05) is 42.0 Å². The number of carbonyl (C=O) groups excluding carboxylic acids is 3. The summed E-state index contributed by atoms with van der Waals surface area (Å²) in [7, 11) is -4.40. The third kappa shape index (κ3) is 6.73. The van der Waals surface area contributed by atoms with E-state index in [4.69, 9.17) is 14.2 Å². The molecular formula is C33H30F3N7O8S. The number of hydrogen-bond donors (Lipinski definition) is 1. The Labute approximate surface area is 293 Å². The fourth-order valence-corrected chi connectivity index (χ4v) is 6.78. The van der Waals surface area contributed by atoms with E-state index in [2.05, 4.69) is 5.10 Å². The molecule has 15 nitrogen and oxygen atoms in total. The topological polar surface area (TPSA) is 163 Å². The fraction of sp³-hybridized carbons (Fsp3) is 0.273. The van der Waals surface area contributed by atoms with Crippen LogP contribution in [0.4, 0.5) is 18.0 Å². The van der Waals surface area contributed by atoms with Gasteiger partial charge in [0.1, 0.15) is 5.02 Å². The molecular weight excluding hydrogens is 711 g/mol. The zero-order valence-corrected chi connectivity index (χ0v) is 28.3. The molecule has 1 N–H and O–H groups in total. The van der Waals surface area contributed by atoms with E-state index in [1.165, 1.54) is 24.0 Å². The zero-order valence-electron chi connectivity index (χ0n) is 27.5. The summed E-state index contributed by atoms with van der Waals surface area (Å²) in [6.07, 6.45) is -6.35. The second kappa shape index (κ2) is 13.0. The van der Waals surface area contributed by atoms with E-state index in [1.54, 1.807) is 53.5 Å². The number of amides is 3. The van der Waals surface area contributed by atoms with Gasteiger partial charge in [-0.05, 0) is 62.7 Å². The average molecular weight is 742 g/mol. The van der Waals surface area contributed by atoms with Crippen molar-refractivity contribution in [1.29, 1.82) is 0 Å². The number of carbonyl (C=O) groups is 3. The Kier molecular flexibility index (Phi) is 8.60. The summed E-state index contributed by atoms with van der Waals surface area (Å²) in [6.45, 7) is 4.05. The largest absolute Gasteiger partial charge is 0.448 e. The van der Waals surface area contributed by atoms with E-state index < -0.39 is 46.0 Å². The maximum absolute atomic E-state index is 13.6. The Hall–Kier alpha value is -5.98. The number of alkyl halides is 3. The highest BCUT2D eigenvalue weighted by molar-refractivity contribution is 7.90. The first-order chi connectivity index (χ1) is 24.7. The second-order valence-electron chi connectivity index (χ2n) is 12.3. The summed E-state index contributed by atoms with van der Waals surface area (Å²) in [5, 5.41) is 6.45. The standard InChI is InChI=1S/C33H30F3N7O8S/c1-20-7-9-23(10-8-20)28-17-29(33(34,35)36)37-41(28)24-11-13-25(14-12-24)52(47,48)38-32(46)49-19-22-15-16-39(18-22)42-43(51-42)50-21(2)40-30(44)26-5-3-4-6-27(26)31(40)45/h3-14,17,21-22H,15-16,18-19H2,1-2H3,(H,38,46). The van der Waals surface area contributed by atoms with Gasteiger partial charge in [0.05, 0.1) is 34.0 Å². The number of nitrogens with zero attached hydrogens (tertiary/aromatic N) is 6. The number of aromatic nitrogens is 4. The van der Waals surface area contributed by atoms with Crippen molar-refractivity contribution in [3.8, 4) is 16.9 Å². The molecule has 3 amide bonds. The SMILES string of the molecule is Cc1ccc(-c2cc(C(F)(F)F)nn2-c2ccc(S(=O)(=O)NC(=O)OCC3CCN(n4on4OC(C)N4C(=O)c5ccccc5C4=O)C3)cc2)cc1. The Morgan fingerprint density at radius 1 is 1.02 bits per heavy atom. The average Bonchev–Trinajstić information content (AvgIpc) is 3.41. The van der Waals surface area contributed by atoms with Crippen molar-refractivity contribution in [2.45, 2.75) is 37.6 Å².